The van der Waals surface area contributed by atoms with Crippen LogP contribution in [0.3, 0.4) is 0 Å². The molecule has 17 heavy (non-hydrogen) atoms. The number of nitrogens with zero attached hydrogens (tertiary/aromatic N) is 1. The lowest BCUT2D eigenvalue weighted by atomic mass is 9.84. The van der Waals surface area contributed by atoms with Crippen LogP contribution in [0, 0.1) is 5.92 Å². The zero-order chi connectivity index (χ0) is 12.1. The Balaban J connectivity index is 2.10. The summed E-state index contributed by atoms with van der Waals surface area (Å²) in [5.74, 6) is -0.00767. The molecular formula is C14H19NO2. The molecule has 1 aliphatic rings. The average Bonchev–Trinajstić information content (AvgIpc) is 2.35. The summed E-state index contributed by atoms with van der Waals surface area (Å²) in [4.78, 5) is 15.9. The van der Waals surface area contributed by atoms with Crippen LogP contribution in [0.4, 0.5) is 0 Å². The Morgan fingerprint density at radius 2 is 1.88 bits per heavy atom. The molecule has 3 nitrogen and oxygen atoms in total. The molecule has 1 fully saturated rings. The third kappa shape index (κ3) is 3.13. The number of rotatable bonds is 2. The van der Waals surface area contributed by atoms with E-state index >= 15 is 0 Å². The van der Waals surface area contributed by atoms with E-state index in [4.69, 9.17) is 0 Å². The molecule has 92 valence electrons. The SMILES string of the molecule is O=C1CCCCCC[C@@H]1[C@@H](O)c1ccncc1. The molecule has 1 heterocycles. The fourth-order valence-electron chi connectivity index (χ4n) is 2.49. The Morgan fingerprint density at radius 3 is 2.65 bits per heavy atom. The monoisotopic (exact) mass is 233 g/mol. The number of aromatic nitrogens is 1. The molecule has 0 radical (unpaired) electrons. The molecule has 1 saturated carbocycles. The average molecular weight is 233 g/mol. The van der Waals surface area contributed by atoms with Gasteiger partial charge in [0.15, 0.2) is 0 Å². The van der Waals surface area contributed by atoms with Crippen LogP contribution in [0.1, 0.15) is 50.2 Å². The van der Waals surface area contributed by atoms with Gasteiger partial charge in [-0.25, -0.2) is 0 Å². The fourth-order valence-corrected chi connectivity index (χ4v) is 2.49. The molecule has 0 spiro atoms. The van der Waals surface area contributed by atoms with E-state index < -0.39 is 6.10 Å². The van der Waals surface area contributed by atoms with Gasteiger partial charge in [-0.2, -0.15) is 0 Å². The van der Waals surface area contributed by atoms with E-state index in [1.54, 1.807) is 24.5 Å². The Labute approximate surface area is 102 Å². The lowest BCUT2D eigenvalue weighted by molar-refractivity contribution is -0.127. The number of ketones is 1. The minimum Gasteiger partial charge on any atom is -0.388 e. The second-order valence-corrected chi connectivity index (χ2v) is 4.75. The van der Waals surface area contributed by atoms with Crippen molar-refractivity contribution in [1.82, 2.24) is 4.98 Å². The first-order chi connectivity index (χ1) is 8.29. The highest BCUT2D eigenvalue weighted by Crippen LogP contribution is 2.30. The molecule has 2 rings (SSSR count). The van der Waals surface area contributed by atoms with Gasteiger partial charge in [0.25, 0.3) is 0 Å². The third-order valence-corrected chi connectivity index (χ3v) is 3.53. The number of aliphatic hydroxyl groups is 1. The summed E-state index contributed by atoms with van der Waals surface area (Å²) in [7, 11) is 0. The highest BCUT2D eigenvalue weighted by Gasteiger charge is 2.27. The van der Waals surface area contributed by atoms with Crippen molar-refractivity contribution in [3.8, 4) is 0 Å². The van der Waals surface area contributed by atoms with Crippen LogP contribution in [-0.2, 0) is 4.79 Å². The summed E-state index contributed by atoms with van der Waals surface area (Å²) in [6.45, 7) is 0. The number of aliphatic hydroxyl groups excluding tert-OH is 1. The van der Waals surface area contributed by atoms with Crippen molar-refractivity contribution in [2.24, 2.45) is 5.92 Å². The number of hydrogen-bond donors (Lipinski definition) is 1. The highest BCUT2D eigenvalue weighted by atomic mass is 16.3. The van der Waals surface area contributed by atoms with Crippen molar-refractivity contribution in [2.75, 3.05) is 0 Å². The topological polar surface area (TPSA) is 50.2 Å². The van der Waals surface area contributed by atoms with Gasteiger partial charge in [0, 0.05) is 24.7 Å². The second-order valence-electron chi connectivity index (χ2n) is 4.75. The smallest absolute Gasteiger partial charge is 0.138 e. The normalized spacial score (nSPS) is 23.8. The molecule has 0 aromatic carbocycles. The lowest BCUT2D eigenvalue weighted by Crippen LogP contribution is -2.23. The minimum atomic E-state index is -0.663. The maximum atomic E-state index is 12.0. The van der Waals surface area contributed by atoms with E-state index in [0.29, 0.717) is 6.42 Å². The zero-order valence-corrected chi connectivity index (χ0v) is 10.0. The molecule has 1 aromatic rings. The highest BCUT2D eigenvalue weighted by molar-refractivity contribution is 5.81. The first kappa shape index (κ1) is 12.2. The molecule has 0 bridgehead atoms. The first-order valence-corrected chi connectivity index (χ1v) is 6.40. The third-order valence-electron chi connectivity index (χ3n) is 3.53. The Morgan fingerprint density at radius 1 is 1.18 bits per heavy atom. The molecule has 1 aliphatic carbocycles. The van der Waals surface area contributed by atoms with Gasteiger partial charge in [0.2, 0.25) is 0 Å². The number of carbonyl (C=O) groups is 1. The van der Waals surface area contributed by atoms with Crippen molar-refractivity contribution in [3.63, 3.8) is 0 Å². The quantitative estimate of drug-likeness (QED) is 0.854. The maximum Gasteiger partial charge on any atom is 0.138 e. The van der Waals surface area contributed by atoms with Crippen molar-refractivity contribution in [1.29, 1.82) is 0 Å². The van der Waals surface area contributed by atoms with Crippen LogP contribution in [-0.4, -0.2) is 15.9 Å². The molecule has 0 amide bonds. The molecule has 0 unspecified atom stereocenters. The van der Waals surface area contributed by atoms with Crippen LogP contribution in [0.15, 0.2) is 24.5 Å². The number of hydrogen-bond acceptors (Lipinski definition) is 3. The standard InChI is InChI=1S/C14H19NO2/c16-13-6-4-2-1-3-5-12(13)14(17)11-7-9-15-10-8-11/h7-10,12,14,17H,1-6H2/t12-,14-/m0/s1. The summed E-state index contributed by atoms with van der Waals surface area (Å²) >= 11 is 0. The predicted molar refractivity (Wildman–Crippen MR) is 65.4 cm³/mol. The molecular weight excluding hydrogens is 214 g/mol. The summed E-state index contributed by atoms with van der Waals surface area (Å²) < 4.78 is 0. The van der Waals surface area contributed by atoms with Gasteiger partial charge in [-0.3, -0.25) is 9.78 Å². The van der Waals surface area contributed by atoms with E-state index in [0.717, 1.165) is 31.2 Å². The van der Waals surface area contributed by atoms with Crippen molar-refractivity contribution in [2.45, 2.75) is 44.6 Å². The number of pyridine rings is 1. The second kappa shape index (κ2) is 5.92. The molecule has 1 N–H and O–H groups in total. The predicted octanol–water partition coefficient (Wildman–Crippen LogP) is 2.65. The van der Waals surface area contributed by atoms with Gasteiger partial charge in [-0.05, 0) is 30.5 Å². The number of carbonyl (C=O) groups excluding carboxylic acids is 1. The largest absolute Gasteiger partial charge is 0.388 e. The Kier molecular flexibility index (Phi) is 4.26. The van der Waals surface area contributed by atoms with Gasteiger partial charge in [-0.15, -0.1) is 0 Å². The Bertz CT molecular complexity index is 364. The first-order valence-electron chi connectivity index (χ1n) is 6.40. The molecule has 0 saturated heterocycles. The van der Waals surface area contributed by atoms with Crippen molar-refractivity contribution < 1.29 is 9.90 Å². The summed E-state index contributed by atoms with van der Waals surface area (Å²) in [5, 5.41) is 10.3. The van der Waals surface area contributed by atoms with Crippen molar-refractivity contribution in [3.05, 3.63) is 30.1 Å². The van der Waals surface area contributed by atoms with Crippen LogP contribution in [0.5, 0.6) is 0 Å². The van der Waals surface area contributed by atoms with Crippen LogP contribution < -0.4 is 0 Å². The van der Waals surface area contributed by atoms with Gasteiger partial charge in [0.1, 0.15) is 5.78 Å². The van der Waals surface area contributed by atoms with Crippen LogP contribution in [0.2, 0.25) is 0 Å². The van der Waals surface area contributed by atoms with Gasteiger partial charge < -0.3 is 5.11 Å². The van der Waals surface area contributed by atoms with E-state index in [1.165, 1.54) is 6.42 Å². The Hall–Kier alpha value is -1.22. The molecule has 1 aromatic heterocycles. The molecule has 2 atom stereocenters. The van der Waals surface area contributed by atoms with E-state index in [-0.39, 0.29) is 11.7 Å². The van der Waals surface area contributed by atoms with Gasteiger partial charge >= 0.3 is 0 Å². The lowest BCUT2D eigenvalue weighted by Gasteiger charge is -2.23. The van der Waals surface area contributed by atoms with Crippen LogP contribution in [0.25, 0.3) is 0 Å². The maximum absolute atomic E-state index is 12.0. The zero-order valence-electron chi connectivity index (χ0n) is 10.0. The summed E-state index contributed by atoms with van der Waals surface area (Å²) in [6.07, 6.45) is 8.41. The molecule has 3 heteroatoms. The van der Waals surface area contributed by atoms with E-state index in [1.807, 2.05) is 0 Å². The fraction of sp³-hybridized carbons (Fsp3) is 0.571. The summed E-state index contributed by atoms with van der Waals surface area (Å²) in [6, 6.07) is 3.58. The molecule has 0 aliphatic heterocycles. The van der Waals surface area contributed by atoms with Crippen LogP contribution >= 0.6 is 0 Å². The van der Waals surface area contributed by atoms with E-state index in [9.17, 15) is 9.90 Å². The van der Waals surface area contributed by atoms with E-state index in [2.05, 4.69) is 4.98 Å². The van der Waals surface area contributed by atoms with Crippen molar-refractivity contribution >= 4 is 5.78 Å². The summed E-state index contributed by atoms with van der Waals surface area (Å²) in [5.41, 5.74) is 0.805. The van der Waals surface area contributed by atoms with Gasteiger partial charge in [0.05, 0.1) is 6.10 Å². The van der Waals surface area contributed by atoms with Gasteiger partial charge in [-0.1, -0.05) is 19.3 Å². The number of Topliss-reactive ketones (excluding diaryl/α,β-unsaturated/α-hetero) is 1. The minimum absolute atomic E-state index is 0.217.